The lowest BCUT2D eigenvalue weighted by Gasteiger charge is -2.15. The van der Waals surface area contributed by atoms with Gasteiger partial charge in [0.05, 0.1) is 13.2 Å². The number of hydrogen-bond donors (Lipinski definition) is 4. The Kier molecular flexibility index (Phi) is 27.6. The molecule has 9 nitrogen and oxygen atoms in total. The zero-order valence-corrected chi connectivity index (χ0v) is 27.0. The number of aliphatic carboxylic acids is 1. The highest BCUT2D eigenvalue weighted by molar-refractivity contribution is 5.87. The van der Waals surface area contributed by atoms with Crippen LogP contribution in [0.1, 0.15) is 142 Å². The van der Waals surface area contributed by atoms with Crippen LogP contribution in [-0.4, -0.2) is 59.3 Å². The zero-order valence-electron chi connectivity index (χ0n) is 27.0. The lowest BCUT2D eigenvalue weighted by atomic mass is 10.1. The van der Waals surface area contributed by atoms with E-state index in [1.807, 2.05) is 6.08 Å². The van der Waals surface area contributed by atoms with Gasteiger partial charge < -0.3 is 25.6 Å². The Bertz CT molecular complexity index is 798. The molecular weight excluding hydrogens is 548 g/mol. The van der Waals surface area contributed by atoms with E-state index in [1.165, 1.54) is 44.9 Å². The molecule has 2 amide bonds. The molecule has 0 fully saturated rings. The van der Waals surface area contributed by atoms with Crippen LogP contribution in [0.2, 0.25) is 0 Å². The first-order chi connectivity index (χ1) is 20.8. The van der Waals surface area contributed by atoms with Crippen LogP contribution < -0.4 is 10.6 Å². The Hall–Kier alpha value is -2.68. The molecule has 0 spiro atoms. The second-order valence-electron chi connectivity index (χ2n) is 11.2. The first-order valence-electron chi connectivity index (χ1n) is 16.7. The summed E-state index contributed by atoms with van der Waals surface area (Å²) >= 11 is 0. The normalized spacial score (nSPS) is 12.8. The van der Waals surface area contributed by atoms with E-state index >= 15 is 0 Å². The molecule has 2 atom stereocenters. The molecule has 0 aliphatic rings. The number of aliphatic hydroxyl groups excluding tert-OH is 1. The minimum absolute atomic E-state index is 0.128. The molecule has 0 aliphatic carbocycles. The third kappa shape index (κ3) is 26.7. The molecule has 9 heteroatoms. The van der Waals surface area contributed by atoms with E-state index in [1.54, 1.807) is 0 Å². The smallest absolute Gasteiger partial charge is 0.328 e. The van der Waals surface area contributed by atoms with Crippen LogP contribution in [0.25, 0.3) is 0 Å². The van der Waals surface area contributed by atoms with Crippen molar-refractivity contribution in [3.05, 3.63) is 24.3 Å². The molecule has 2 unspecified atom stereocenters. The van der Waals surface area contributed by atoms with Crippen LogP contribution in [-0.2, 0) is 23.9 Å². The average molecular weight is 609 g/mol. The molecule has 4 N–H and O–H groups in total. The highest BCUT2D eigenvalue weighted by Gasteiger charge is 2.18. The highest BCUT2D eigenvalue weighted by Crippen LogP contribution is 2.14. The van der Waals surface area contributed by atoms with Crippen LogP contribution in [0.15, 0.2) is 24.3 Å². The molecule has 0 aromatic carbocycles. The Morgan fingerprint density at radius 1 is 0.698 bits per heavy atom. The summed E-state index contributed by atoms with van der Waals surface area (Å²) in [6.07, 6.45) is 28.1. The van der Waals surface area contributed by atoms with Crippen molar-refractivity contribution in [1.82, 2.24) is 10.6 Å². The number of aliphatic hydroxyl groups is 1. The molecule has 0 saturated heterocycles. The van der Waals surface area contributed by atoms with E-state index in [4.69, 9.17) is 14.9 Å². The molecule has 248 valence electrons. The summed E-state index contributed by atoms with van der Waals surface area (Å²) in [7, 11) is 0. The Morgan fingerprint density at radius 2 is 1.28 bits per heavy atom. The first kappa shape index (κ1) is 40.3. The Balaban J connectivity index is 4.21. The number of amides is 2. The molecule has 0 bridgehead atoms. The lowest BCUT2D eigenvalue weighted by molar-refractivity contribution is -0.147. The van der Waals surface area contributed by atoms with Gasteiger partial charge in [0.15, 0.2) is 0 Å². The molecule has 0 aromatic rings. The van der Waals surface area contributed by atoms with E-state index in [0.717, 1.165) is 64.2 Å². The molecule has 0 saturated carbocycles. The van der Waals surface area contributed by atoms with Gasteiger partial charge in [-0.05, 0) is 63.9 Å². The number of carbonyl (C=O) groups is 4. The predicted molar refractivity (Wildman–Crippen MR) is 172 cm³/mol. The molecule has 0 heterocycles. The number of rotatable bonds is 29. The van der Waals surface area contributed by atoms with Gasteiger partial charge >= 0.3 is 11.9 Å². The van der Waals surface area contributed by atoms with E-state index in [0.29, 0.717) is 12.8 Å². The van der Waals surface area contributed by atoms with Crippen molar-refractivity contribution < 1.29 is 34.1 Å². The lowest BCUT2D eigenvalue weighted by Crippen LogP contribution is -2.47. The number of allylic oxidation sites excluding steroid dienone is 3. The number of unbranched alkanes of at least 4 members (excludes halogenated alkanes) is 13. The molecule has 0 aromatic heterocycles. The Labute approximate surface area is 260 Å². The quantitative estimate of drug-likeness (QED) is 0.0430. The van der Waals surface area contributed by atoms with Gasteiger partial charge in [0.25, 0.3) is 0 Å². The van der Waals surface area contributed by atoms with Gasteiger partial charge in [-0.15, -0.1) is 0 Å². The van der Waals surface area contributed by atoms with Gasteiger partial charge in [0, 0.05) is 12.8 Å². The maximum absolute atomic E-state index is 12.5. The highest BCUT2D eigenvalue weighted by atomic mass is 16.5. The van der Waals surface area contributed by atoms with Gasteiger partial charge in [-0.3, -0.25) is 14.4 Å². The second-order valence-corrected chi connectivity index (χ2v) is 11.2. The fourth-order valence-electron chi connectivity index (χ4n) is 4.48. The largest absolute Gasteiger partial charge is 0.480 e. The standard InChI is InChI=1S/C34H60N2O7/c1-3-5-7-9-10-11-12-13-14-16-22-26-33(40)43-29(23-19-15-8-6-4-2)24-20-17-18-21-25-31(38)35-27-32(39)36-30(28-37)34(41)42/h9-10,19,23,29-30,37H,3-8,11-18,20-22,24-28H2,1-2H3,(H,35,38)(H,36,39)(H,41,42)/b10-9-,23-19-. The van der Waals surface area contributed by atoms with Crippen LogP contribution in [0, 0.1) is 0 Å². The average Bonchev–Trinajstić information content (AvgIpc) is 2.98. The second kappa shape index (κ2) is 29.4. The van der Waals surface area contributed by atoms with Crippen molar-refractivity contribution in [3.63, 3.8) is 0 Å². The summed E-state index contributed by atoms with van der Waals surface area (Å²) in [6.45, 7) is 3.33. The Morgan fingerprint density at radius 3 is 1.95 bits per heavy atom. The fourth-order valence-corrected chi connectivity index (χ4v) is 4.48. The fraction of sp³-hybridized carbons (Fsp3) is 0.765. The van der Waals surface area contributed by atoms with Crippen molar-refractivity contribution >= 4 is 23.8 Å². The zero-order chi connectivity index (χ0) is 32.0. The third-order valence-corrected chi connectivity index (χ3v) is 7.16. The van der Waals surface area contributed by atoms with Crippen molar-refractivity contribution in [1.29, 1.82) is 0 Å². The molecule has 0 rings (SSSR count). The van der Waals surface area contributed by atoms with Gasteiger partial charge in [0.2, 0.25) is 11.8 Å². The van der Waals surface area contributed by atoms with Crippen LogP contribution in [0.3, 0.4) is 0 Å². The van der Waals surface area contributed by atoms with Crippen molar-refractivity contribution in [2.75, 3.05) is 13.2 Å². The molecule has 0 aliphatic heterocycles. The number of carboxylic acids is 1. The van der Waals surface area contributed by atoms with Crippen molar-refractivity contribution in [2.24, 2.45) is 0 Å². The number of hydrogen-bond acceptors (Lipinski definition) is 6. The topological polar surface area (TPSA) is 142 Å². The predicted octanol–water partition coefficient (Wildman–Crippen LogP) is 6.53. The van der Waals surface area contributed by atoms with Crippen LogP contribution in [0.4, 0.5) is 0 Å². The van der Waals surface area contributed by atoms with Gasteiger partial charge in [-0.25, -0.2) is 4.79 Å². The number of nitrogens with one attached hydrogen (secondary N) is 2. The van der Waals surface area contributed by atoms with E-state index in [9.17, 15) is 19.2 Å². The number of ether oxygens (including phenoxy) is 1. The number of carboxylic acid groups (broad SMARTS) is 1. The van der Waals surface area contributed by atoms with Gasteiger partial charge in [-0.2, -0.15) is 0 Å². The summed E-state index contributed by atoms with van der Waals surface area (Å²) in [5.41, 5.74) is 0. The van der Waals surface area contributed by atoms with Crippen molar-refractivity contribution in [3.8, 4) is 0 Å². The summed E-state index contributed by atoms with van der Waals surface area (Å²) < 4.78 is 5.81. The van der Waals surface area contributed by atoms with Crippen LogP contribution >= 0.6 is 0 Å². The molecular formula is C34H60N2O7. The van der Waals surface area contributed by atoms with E-state index < -0.39 is 24.5 Å². The first-order valence-corrected chi connectivity index (χ1v) is 16.7. The van der Waals surface area contributed by atoms with Gasteiger partial charge in [-0.1, -0.05) is 89.9 Å². The SMILES string of the molecule is CCCC/C=C\CCCCCCCC(=O)OC(/C=C\CCCCC)CCCCCCC(=O)NCC(=O)NC(CO)C(=O)O. The maximum atomic E-state index is 12.5. The van der Waals surface area contributed by atoms with Crippen molar-refractivity contribution in [2.45, 2.75) is 154 Å². The summed E-state index contributed by atoms with van der Waals surface area (Å²) in [5.74, 6) is -2.42. The molecule has 43 heavy (non-hydrogen) atoms. The summed E-state index contributed by atoms with van der Waals surface area (Å²) in [4.78, 5) is 47.0. The summed E-state index contributed by atoms with van der Waals surface area (Å²) in [6, 6.07) is -1.39. The third-order valence-electron chi connectivity index (χ3n) is 7.16. The number of carbonyl (C=O) groups excluding carboxylic acids is 3. The van der Waals surface area contributed by atoms with E-state index in [-0.39, 0.29) is 30.9 Å². The minimum atomic E-state index is -1.39. The molecule has 0 radical (unpaired) electrons. The van der Waals surface area contributed by atoms with Crippen LogP contribution in [0.5, 0.6) is 0 Å². The monoisotopic (exact) mass is 608 g/mol. The minimum Gasteiger partial charge on any atom is -0.480 e. The van der Waals surface area contributed by atoms with E-state index in [2.05, 4.69) is 42.7 Å². The number of esters is 1. The van der Waals surface area contributed by atoms with Gasteiger partial charge in [0.1, 0.15) is 12.1 Å². The summed E-state index contributed by atoms with van der Waals surface area (Å²) in [5, 5.41) is 22.4. The maximum Gasteiger partial charge on any atom is 0.328 e.